The number of nitrogens with zero attached hydrogens (tertiary/aromatic N) is 5. The maximum Gasteiger partial charge on any atom is 0.265 e. The molecule has 2 aliphatic rings. The number of fused-ring (bicyclic) bond motifs is 1. The van der Waals surface area contributed by atoms with Gasteiger partial charge in [-0.05, 0) is 50.1 Å². The number of ether oxygens (including phenoxy) is 1. The Morgan fingerprint density at radius 3 is 2.97 bits per heavy atom. The van der Waals surface area contributed by atoms with Gasteiger partial charge < -0.3 is 14.5 Å². The highest BCUT2D eigenvalue weighted by Gasteiger charge is 2.32. The third-order valence-electron chi connectivity index (χ3n) is 6.16. The molecule has 1 fully saturated rings. The molecule has 1 atom stereocenters. The Kier molecular flexibility index (Phi) is 5.76. The van der Waals surface area contributed by atoms with E-state index in [4.69, 9.17) is 21.3 Å². The van der Waals surface area contributed by atoms with Crippen LogP contribution in [0, 0.1) is 6.92 Å². The Hall–Kier alpha value is -3.39. The minimum Gasteiger partial charge on any atom is -0.482 e. The number of likely N-dealkylation sites (tertiary alicyclic amines) is 1. The average molecular weight is 466 g/mol. The van der Waals surface area contributed by atoms with E-state index in [0.717, 1.165) is 30.2 Å². The van der Waals surface area contributed by atoms with Crippen LogP contribution in [0.4, 0.5) is 5.69 Å². The van der Waals surface area contributed by atoms with Crippen molar-refractivity contribution in [2.45, 2.75) is 32.2 Å². The number of hydrogen-bond donors (Lipinski definition) is 0. The predicted octanol–water partition coefficient (Wildman–Crippen LogP) is 3.71. The summed E-state index contributed by atoms with van der Waals surface area (Å²) < 4.78 is 7.42. The van der Waals surface area contributed by atoms with E-state index < -0.39 is 0 Å². The van der Waals surface area contributed by atoms with Crippen molar-refractivity contribution in [1.82, 2.24) is 19.4 Å². The lowest BCUT2D eigenvalue weighted by Gasteiger charge is -2.30. The minimum absolute atomic E-state index is 0.00591. The van der Waals surface area contributed by atoms with E-state index in [2.05, 4.69) is 4.98 Å². The fraction of sp³-hybridized carbons (Fsp3) is 0.333. The monoisotopic (exact) mass is 465 g/mol. The number of amides is 2. The standard InChI is InChI=1S/C24H24ClN5O3/c1-16-26-10-13-28(16)22-6-2-4-18(27-22)19-5-3-11-29(19)23(31)9-12-30-20-14-17(25)7-8-21(20)33-15-24(30)32/h2,4,6-8,10,13-14,19H,3,5,9,11-12,15H2,1H3/t19-/m1/s1. The molecule has 8 nitrogen and oxygen atoms in total. The molecule has 9 heteroatoms. The lowest BCUT2D eigenvalue weighted by atomic mass is 10.1. The number of imidazole rings is 1. The summed E-state index contributed by atoms with van der Waals surface area (Å²) in [6.07, 6.45) is 5.62. The zero-order chi connectivity index (χ0) is 22.9. The molecule has 0 unspecified atom stereocenters. The SMILES string of the molecule is Cc1nccn1-c1cccc([C@H]2CCCN2C(=O)CCN2C(=O)COc3ccc(Cl)cc32)n1. The predicted molar refractivity (Wildman–Crippen MR) is 124 cm³/mol. The van der Waals surface area contributed by atoms with Gasteiger partial charge in [-0.15, -0.1) is 0 Å². The van der Waals surface area contributed by atoms with E-state index >= 15 is 0 Å². The molecular weight excluding hydrogens is 442 g/mol. The number of aryl methyl sites for hydroxylation is 1. The van der Waals surface area contributed by atoms with Crippen molar-refractivity contribution in [2.75, 3.05) is 24.6 Å². The molecule has 33 heavy (non-hydrogen) atoms. The summed E-state index contributed by atoms with van der Waals surface area (Å²) in [6, 6.07) is 11.0. The number of carbonyl (C=O) groups excluding carboxylic acids is 2. The van der Waals surface area contributed by atoms with Gasteiger partial charge >= 0.3 is 0 Å². The first-order valence-corrected chi connectivity index (χ1v) is 11.4. The van der Waals surface area contributed by atoms with Crippen molar-refractivity contribution in [1.29, 1.82) is 0 Å². The smallest absolute Gasteiger partial charge is 0.265 e. The number of anilines is 1. The lowest BCUT2D eigenvalue weighted by Crippen LogP contribution is -2.41. The van der Waals surface area contributed by atoms with Crippen molar-refractivity contribution < 1.29 is 14.3 Å². The molecular formula is C24H24ClN5O3. The zero-order valence-corrected chi connectivity index (χ0v) is 19.0. The van der Waals surface area contributed by atoms with Gasteiger partial charge in [-0.1, -0.05) is 17.7 Å². The first kappa shape index (κ1) is 21.5. The van der Waals surface area contributed by atoms with Crippen LogP contribution in [0.5, 0.6) is 5.75 Å². The third-order valence-corrected chi connectivity index (χ3v) is 6.39. The Balaban J connectivity index is 1.31. The molecule has 0 spiro atoms. The van der Waals surface area contributed by atoms with Crippen LogP contribution in [0.1, 0.15) is 36.8 Å². The second-order valence-corrected chi connectivity index (χ2v) is 8.64. The van der Waals surface area contributed by atoms with Crippen LogP contribution in [-0.4, -0.2) is 50.9 Å². The van der Waals surface area contributed by atoms with Crippen LogP contribution < -0.4 is 9.64 Å². The molecule has 0 N–H and O–H groups in total. The maximum atomic E-state index is 13.2. The molecule has 0 radical (unpaired) electrons. The van der Waals surface area contributed by atoms with E-state index in [0.29, 0.717) is 23.0 Å². The molecule has 3 aromatic rings. The summed E-state index contributed by atoms with van der Waals surface area (Å²) in [5, 5.41) is 0.516. The summed E-state index contributed by atoms with van der Waals surface area (Å²) in [4.78, 5) is 38.3. The van der Waals surface area contributed by atoms with Crippen molar-refractivity contribution in [3.05, 3.63) is 65.3 Å². The highest BCUT2D eigenvalue weighted by molar-refractivity contribution is 6.31. The van der Waals surface area contributed by atoms with E-state index in [9.17, 15) is 9.59 Å². The van der Waals surface area contributed by atoms with Crippen molar-refractivity contribution in [3.8, 4) is 11.6 Å². The fourth-order valence-corrected chi connectivity index (χ4v) is 4.69. The van der Waals surface area contributed by atoms with Crippen molar-refractivity contribution in [2.24, 2.45) is 0 Å². The quantitative estimate of drug-likeness (QED) is 0.573. The molecule has 170 valence electrons. The highest BCUT2D eigenvalue weighted by atomic mass is 35.5. The van der Waals surface area contributed by atoms with E-state index in [1.165, 1.54) is 0 Å². The molecule has 0 bridgehead atoms. The van der Waals surface area contributed by atoms with Crippen LogP contribution in [0.3, 0.4) is 0 Å². The summed E-state index contributed by atoms with van der Waals surface area (Å²) in [7, 11) is 0. The van der Waals surface area contributed by atoms with Crippen LogP contribution in [-0.2, 0) is 9.59 Å². The Bertz CT molecular complexity index is 1210. The number of pyridine rings is 1. The van der Waals surface area contributed by atoms with Crippen LogP contribution in [0.2, 0.25) is 5.02 Å². The van der Waals surface area contributed by atoms with Crippen molar-refractivity contribution in [3.63, 3.8) is 0 Å². The van der Waals surface area contributed by atoms with E-state index in [1.54, 1.807) is 29.3 Å². The maximum absolute atomic E-state index is 13.2. The topological polar surface area (TPSA) is 80.6 Å². The number of rotatable bonds is 5. The van der Waals surface area contributed by atoms with Gasteiger partial charge in [0.1, 0.15) is 17.4 Å². The van der Waals surface area contributed by atoms with Gasteiger partial charge in [0.15, 0.2) is 6.61 Å². The summed E-state index contributed by atoms with van der Waals surface area (Å²) in [5.74, 6) is 2.07. The van der Waals surface area contributed by atoms with Gasteiger partial charge in [0, 0.05) is 36.9 Å². The van der Waals surface area contributed by atoms with E-state index in [1.807, 2.05) is 40.8 Å². The Morgan fingerprint density at radius 2 is 2.15 bits per heavy atom. The number of benzene rings is 1. The third kappa shape index (κ3) is 4.18. The summed E-state index contributed by atoms with van der Waals surface area (Å²) >= 11 is 6.12. The molecule has 1 saturated heterocycles. The molecule has 2 aliphatic heterocycles. The fourth-order valence-electron chi connectivity index (χ4n) is 4.52. The molecule has 5 rings (SSSR count). The van der Waals surface area contributed by atoms with Gasteiger partial charge in [-0.2, -0.15) is 0 Å². The molecule has 1 aromatic carbocycles. The number of hydrogen-bond acceptors (Lipinski definition) is 5. The molecule has 4 heterocycles. The van der Waals surface area contributed by atoms with Crippen LogP contribution in [0.15, 0.2) is 48.8 Å². The molecule has 2 amide bonds. The molecule has 0 saturated carbocycles. The second kappa shape index (κ2) is 8.86. The molecule has 0 aliphatic carbocycles. The first-order chi connectivity index (χ1) is 16.0. The number of halogens is 1. The Labute approximate surface area is 196 Å². The van der Waals surface area contributed by atoms with Gasteiger partial charge in [-0.3, -0.25) is 14.2 Å². The van der Waals surface area contributed by atoms with Crippen LogP contribution >= 0.6 is 11.6 Å². The normalized spacial score (nSPS) is 17.8. The van der Waals surface area contributed by atoms with Gasteiger partial charge in [0.25, 0.3) is 5.91 Å². The largest absolute Gasteiger partial charge is 0.482 e. The van der Waals surface area contributed by atoms with E-state index in [-0.39, 0.29) is 37.4 Å². The number of aromatic nitrogens is 3. The molecule has 2 aromatic heterocycles. The van der Waals surface area contributed by atoms with Gasteiger partial charge in [0.05, 0.1) is 17.4 Å². The van der Waals surface area contributed by atoms with Crippen LogP contribution in [0.25, 0.3) is 5.82 Å². The summed E-state index contributed by atoms with van der Waals surface area (Å²) in [5.41, 5.74) is 1.47. The lowest BCUT2D eigenvalue weighted by molar-refractivity contribution is -0.132. The zero-order valence-electron chi connectivity index (χ0n) is 18.3. The highest BCUT2D eigenvalue weighted by Crippen LogP contribution is 2.35. The summed E-state index contributed by atoms with van der Waals surface area (Å²) in [6.45, 7) is 2.84. The van der Waals surface area contributed by atoms with Crippen molar-refractivity contribution >= 4 is 29.1 Å². The second-order valence-electron chi connectivity index (χ2n) is 8.21. The Morgan fingerprint density at radius 1 is 1.27 bits per heavy atom. The first-order valence-electron chi connectivity index (χ1n) is 11.0. The average Bonchev–Trinajstić information content (AvgIpc) is 3.47. The van der Waals surface area contributed by atoms with Gasteiger partial charge in [0.2, 0.25) is 5.91 Å². The minimum atomic E-state index is -0.180. The number of carbonyl (C=O) groups is 2. The van der Waals surface area contributed by atoms with Gasteiger partial charge in [-0.25, -0.2) is 9.97 Å².